The van der Waals surface area contributed by atoms with Crippen LogP contribution >= 0.6 is 11.3 Å². The molecule has 100 valence electrons. The summed E-state index contributed by atoms with van der Waals surface area (Å²) in [4.78, 5) is 23.4. The fourth-order valence-corrected chi connectivity index (χ4v) is 2.49. The van der Waals surface area contributed by atoms with Crippen LogP contribution in [-0.2, 0) is 7.05 Å². The van der Waals surface area contributed by atoms with E-state index in [0.717, 1.165) is 0 Å². The van der Waals surface area contributed by atoms with Crippen molar-refractivity contribution < 1.29 is 4.79 Å². The van der Waals surface area contributed by atoms with Gasteiger partial charge in [0, 0.05) is 31.4 Å². The molecule has 1 unspecified atom stereocenters. The highest BCUT2D eigenvalue weighted by Crippen LogP contribution is 2.17. The van der Waals surface area contributed by atoms with Crippen molar-refractivity contribution in [1.82, 2.24) is 9.88 Å². The number of pyridine rings is 1. The topological polar surface area (TPSA) is 51.1 Å². The van der Waals surface area contributed by atoms with E-state index in [1.165, 1.54) is 16.2 Å². The monoisotopic (exact) mass is 276 g/mol. The molecule has 2 heterocycles. The number of rotatable bonds is 4. The van der Waals surface area contributed by atoms with Crippen molar-refractivity contribution >= 4 is 17.2 Å². The van der Waals surface area contributed by atoms with Gasteiger partial charge in [0.25, 0.3) is 11.5 Å². The van der Waals surface area contributed by atoms with Crippen molar-refractivity contribution in [2.24, 2.45) is 7.05 Å². The third-order valence-electron chi connectivity index (χ3n) is 3.05. The van der Waals surface area contributed by atoms with Crippen LogP contribution in [0.25, 0.3) is 0 Å². The van der Waals surface area contributed by atoms with Gasteiger partial charge in [-0.1, -0.05) is 6.92 Å². The number of nitrogens with one attached hydrogen (secondary N) is 1. The zero-order valence-corrected chi connectivity index (χ0v) is 11.7. The van der Waals surface area contributed by atoms with Gasteiger partial charge in [0.1, 0.15) is 0 Å². The number of aryl methyl sites for hydroxylation is 1. The van der Waals surface area contributed by atoms with Crippen LogP contribution in [0.15, 0.2) is 40.0 Å². The van der Waals surface area contributed by atoms with Gasteiger partial charge in [0.2, 0.25) is 0 Å². The van der Waals surface area contributed by atoms with Gasteiger partial charge in [-0.2, -0.15) is 11.3 Å². The average Bonchev–Trinajstić information content (AvgIpc) is 2.92. The van der Waals surface area contributed by atoms with Crippen molar-refractivity contribution in [3.05, 3.63) is 56.6 Å². The Morgan fingerprint density at radius 1 is 1.47 bits per heavy atom. The van der Waals surface area contributed by atoms with Crippen LogP contribution in [0.5, 0.6) is 0 Å². The van der Waals surface area contributed by atoms with E-state index < -0.39 is 0 Å². The molecule has 1 amide bonds. The highest BCUT2D eigenvalue weighted by atomic mass is 32.1. The number of hydrogen-bond acceptors (Lipinski definition) is 3. The molecule has 0 aliphatic rings. The van der Waals surface area contributed by atoms with E-state index in [1.807, 2.05) is 5.38 Å². The number of thiophene rings is 1. The molecule has 0 aliphatic heterocycles. The van der Waals surface area contributed by atoms with Gasteiger partial charge in [-0.3, -0.25) is 9.59 Å². The van der Waals surface area contributed by atoms with Crippen LogP contribution in [0.3, 0.4) is 0 Å². The van der Waals surface area contributed by atoms with E-state index in [0.29, 0.717) is 12.1 Å². The predicted octanol–water partition coefficient (Wildman–Crippen LogP) is 1.98. The molecule has 2 rings (SSSR count). The van der Waals surface area contributed by atoms with E-state index in [1.54, 1.807) is 30.6 Å². The maximum absolute atomic E-state index is 11.9. The van der Waals surface area contributed by atoms with Gasteiger partial charge in [-0.15, -0.1) is 0 Å². The summed E-state index contributed by atoms with van der Waals surface area (Å²) >= 11 is 1.65. The molecule has 1 N–H and O–H groups in total. The van der Waals surface area contributed by atoms with Crippen LogP contribution in [0.4, 0.5) is 0 Å². The Morgan fingerprint density at radius 3 is 2.89 bits per heavy atom. The summed E-state index contributed by atoms with van der Waals surface area (Å²) in [7, 11) is 1.66. The number of carbonyl (C=O) groups excluding carboxylic acids is 1. The maximum Gasteiger partial charge on any atom is 0.251 e. The van der Waals surface area contributed by atoms with Crippen LogP contribution in [0.1, 0.15) is 28.8 Å². The average molecular weight is 276 g/mol. The van der Waals surface area contributed by atoms with Crippen LogP contribution in [0, 0.1) is 0 Å². The highest BCUT2D eigenvalue weighted by molar-refractivity contribution is 7.07. The summed E-state index contributed by atoms with van der Waals surface area (Å²) in [6.45, 7) is 2.62. The second-order valence-corrected chi connectivity index (χ2v) is 5.31. The fourth-order valence-electron chi connectivity index (χ4n) is 1.71. The normalized spacial score (nSPS) is 12.1. The van der Waals surface area contributed by atoms with Gasteiger partial charge < -0.3 is 9.88 Å². The lowest BCUT2D eigenvalue weighted by Gasteiger charge is -2.11. The molecule has 2 aromatic heterocycles. The quantitative estimate of drug-likeness (QED) is 0.928. The molecule has 0 saturated carbocycles. The van der Waals surface area contributed by atoms with E-state index in [9.17, 15) is 9.59 Å². The summed E-state index contributed by atoms with van der Waals surface area (Å²) in [5.74, 6) is 0.0570. The maximum atomic E-state index is 11.9. The van der Waals surface area contributed by atoms with Gasteiger partial charge in [-0.05, 0) is 34.4 Å². The minimum absolute atomic E-state index is 0.182. The molecule has 2 aromatic rings. The lowest BCUT2D eigenvalue weighted by atomic mass is 10.1. The molecular weight excluding hydrogens is 260 g/mol. The third kappa shape index (κ3) is 3.32. The summed E-state index contributed by atoms with van der Waals surface area (Å²) in [5, 5.41) is 6.95. The van der Waals surface area contributed by atoms with Gasteiger partial charge in [0.05, 0.1) is 0 Å². The summed E-state index contributed by atoms with van der Waals surface area (Å²) in [6, 6.07) is 5.05. The molecule has 19 heavy (non-hydrogen) atoms. The first-order valence-electron chi connectivity index (χ1n) is 6.05. The second kappa shape index (κ2) is 5.84. The van der Waals surface area contributed by atoms with E-state index >= 15 is 0 Å². The molecule has 0 saturated heterocycles. The van der Waals surface area contributed by atoms with Gasteiger partial charge in [0.15, 0.2) is 0 Å². The SMILES string of the molecule is CC(CNC(=O)c1ccn(C)c(=O)c1)c1ccsc1. The molecular formula is C14H16N2O2S. The fraction of sp³-hybridized carbons (Fsp3) is 0.286. The molecule has 0 radical (unpaired) electrons. The van der Waals surface area contributed by atoms with Crippen LogP contribution < -0.4 is 10.9 Å². The smallest absolute Gasteiger partial charge is 0.251 e. The van der Waals surface area contributed by atoms with Crippen LogP contribution in [-0.4, -0.2) is 17.0 Å². The lowest BCUT2D eigenvalue weighted by molar-refractivity contribution is 0.0951. The predicted molar refractivity (Wildman–Crippen MR) is 76.8 cm³/mol. The van der Waals surface area contributed by atoms with Crippen LogP contribution in [0.2, 0.25) is 0 Å². The first-order chi connectivity index (χ1) is 9.08. The number of carbonyl (C=O) groups is 1. The number of hydrogen-bond donors (Lipinski definition) is 1. The van der Waals surface area contributed by atoms with E-state index in [4.69, 9.17) is 0 Å². The Hall–Kier alpha value is -1.88. The van der Waals surface area contributed by atoms with Crippen molar-refractivity contribution in [2.45, 2.75) is 12.8 Å². The summed E-state index contributed by atoms with van der Waals surface area (Å²) in [5.41, 5.74) is 1.44. The van der Waals surface area contributed by atoms with Gasteiger partial charge in [-0.25, -0.2) is 0 Å². The third-order valence-corrected chi connectivity index (χ3v) is 3.75. The standard InChI is InChI=1S/C14H16N2O2S/c1-10(12-4-6-19-9-12)8-15-14(18)11-3-5-16(2)13(17)7-11/h3-7,9-10H,8H2,1-2H3,(H,15,18). The molecule has 0 spiro atoms. The summed E-state index contributed by atoms with van der Waals surface area (Å²) in [6.07, 6.45) is 1.60. The molecule has 5 heteroatoms. The Balaban J connectivity index is 1.98. The minimum atomic E-state index is -0.209. The van der Waals surface area contributed by atoms with Gasteiger partial charge >= 0.3 is 0 Å². The van der Waals surface area contributed by atoms with Crippen molar-refractivity contribution in [2.75, 3.05) is 6.54 Å². The largest absolute Gasteiger partial charge is 0.351 e. The van der Waals surface area contributed by atoms with E-state index in [2.05, 4.69) is 23.7 Å². The van der Waals surface area contributed by atoms with Crippen molar-refractivity contribution in [3.8, 4) is 0 Å². The molecule has 0 aliphatic carbocycles. The Labute approximate surface area is 115 Å². The molecule has 4 nitrogen and oxygen atoms in total. The minimum Gasteiger partial charge on any atom is -0.351 e. The van der Waals surface area contributed by atoms with E-state index in [-0.39, 0.29) is 17.4 Å². The zero-order valence-electron chi connectivity index (χ0n) is 10.9. The Kier molecular flexibility index (Phi) is 4.16. The molecule has 1 atom stereocenters. The first-order valence-corrected chi connectivity index (χ1v) is 6.99. The summed E-state index contributed by atoms with van der Waals surface area (Å²) < 4.78 is 1.44. The number of aromatic nitrogens is 1. The zero-order chi connectivity index (χ0) is 13.8. The number of nitrogens with zero attached hydrogens (tertiary/aromatic N) is 1. The molecule has 0 bridgehead atoms. The Morgan fingerprint density at radius 2 is 2.26 bits per heavy atom. The number of amides is 1. The second-order valence-electron chi connectivity index (χ2n) is 4.53. The lowest BCUT2D eigenvalue weighted by Crippen LogP contribution is -2.29. The first kappa shape index (κ1) is 13.5. The Bertz CT molecular complexity index is 617. The van der Waals surface area contributed by atoms with Crippen molar-refractivity contribution in [3.63, 3.8) is 0 Å². The highest BCUT2D eigenvalue weighted by Gasteiger charge is 2.10. The van der Waals surface area contributed by atoms with Crippen molar-refractivity contribution in [1.29, 1.82) is 0 Å². The molecule has 0 aromatic carbocycles. The molecule has 0 fully saturated rings.